The molecule has 1 heterocycles. The summed E-state index contributed by atoms with van der Waals surface area (Å²) in [6.07, 6.45) is 0. The molecule has 0 aliphatic heterocycles. The van der Waals surface area contributed by atoms with Crippen molar-refractivity contribution in [2.75, 3.05) is 17.2 Å². The predicted molar refractivity (Wildman–Crippen MR) is 83.7 cm³/mol. The van der Waals surface area contributed by atoms with Crippen LogP contribution in [0.25, 0.3) is 10.2 Å². The van der Waals surface area contributed by atoms with Crippen LogP contribution in [0.1, 0.15) is 13.8 Å². The number of rotatable bonds is 5. The third-order valence-electron chi connectivity index (χ3n) is 2.70. The number of thioether (sulfide) groups is 1. The van der Waals surface area contributed by atoms with Gasteiger partial charge >= 0.3 is 0 Å². The smallest absolute Gasteiger partial charge is 0.153 e. The molecule has 0 atom stereocenters. The van der Waals surface area contributed by atoms with Crippen molar-refractivity contribution in [3.05, 3.63) is 18.2 Å². The fraction of sp³-hybridized carbons (Fsp3) is 0.417. The Balaban J connectivity index is 2.03. The van der Waals surface area contributed by atoms with Gasteiger partial charge in [0, 0.05) is 11.4 Å². The molecule has 2 N–H and O–H groups in total. The molecule has 1 aromatic carbocycles. The van der Waals surface area contributed by atoms with Crippen molar-refractivity contribution in [3.8, 4) is 0 Å². The Morgan fingerprint density at radius 3 is 2.84 bits per heavy atom. The molecule has 104 valence electrons. The molecule has 7 heteroatoms. The van der Waals surface area contributed by atoms with Gasteiger partial charge in [-0.2, -0.15) is 0 Å². The lowest BCUT2D eigenvalue weighted by Crippen LogP contribution is -2.18. The molecule has 0 aliphatic carbocycles. The van der Waals surface area contributed by atoms with E-state index in [2.05, 4.69) is 4.98 Å². The minimum absolute atomic E-state index is 0.188. The molecule has 0 bridgehead atoms. The highest BCUT2D eigenvalue weighted by Crippen LogP contribution is 2.30. The van der Waals surface area contributed by atoms with Crippen molar-refractivity contribution in [3.63, 3.8) is 0 Å². The number of benzene rings is 1. The van der Waals surface area contributed by atoms with Crippen LogP contribution in [0.2, 0.25) is 0 Å². The number of thiazole rings is 1. The summed E-state index contributed by atoms with van der Waals surface area (Å²) >= 11 is 3.03. The first-order chi connectivity index (χ1) is 8.88. The molecule has 2 aromatic rings. The molecule has 19 heavy (non-hydrogen) atoms. The fourth-order valence-electron chi connectivity index (χ4n) is 1.46. The molecule has 2 rings (SSSR count). The first-order valence-electron chi connectivity index (χ1n) is 5.89. The van der Waals surface area contributed by atoms with Crippen molar-refractivity contribution in [2.45, 2.75) is 23.4 Å². The van der Waals surface area contributed by atoms with E-state index in [1.165, 1.54) is 11.8 Å². The topological polar surface area (TPSA) is 73.0 Å². The van der Waals surface area contributed by atoms with Crippen LogP contribution in [0.4, 0.5) is 5.69 Å². The van der Waals surface area contributed by atoms with Gasteiger partial charge in [-0.1, -0.05) is 11.8 Å². The van der Waals surface area contributed by atoms with Crippen molar-refractivity contribution in [2.24, 2.45) is 0 Å². The van der Waals surface area contributed by atoms with E-state index in [1.54, 1.807) is 25.2 Å². The molecule has 0 saturated heterocycles. The molecular weight excluding hydrogens is 300 g/mol. The number of sulfone groups is 1. The number of anilines is 1. The summed E-state index contributed by atoms with van der Waals surface area (Å²) in [5.41, 5.74) is 7.34. The Morgan fingerprint density at radius 1 is 1.42 bits per heavy atom. The zero-order valence-corrected chi connectivity index (χ0v) is 13.2. The Hall–Kier alpha value is -0.790. The van der Waals surface area contributed by atoms with E-state index in [0.29, 0.717) is 5.75 Å². The lowest BCUT2D eigenvalue weighted by atomic mass is 10.3. The highest BCUT2D eigenvalue weighted by molar-refractivity contribution is 8.02. The summed E-state index contributed by atoms with van der Waals surface area (Å²) in [4.78, 5) is 4.45. The lowest BCUT2D eigenvalue weighted by molar-refractivity contribution is 0.589. The Kier molecular flexibility index (Phi) is 4.37. The van der Waals surface area contributed by atoms with Gasteiger partial charge in [0.25, 0.3) is 0 Å². The number of fused-ring (bicyclic) bond motifs is 1. The highest BCUT2D eigenvalue weighted by Gasteiger charge is 2.16. The van der Waals surface area contributed by atoms with Gasteiger partial charge in [-0.3, -0.25) is 0 Å². The van der Waals surface area contributed by atoms with Crippen LogP contribution in [0.3, 0.4) is 0 Å². The van der Waals surface area contributed by atoms with Crippen LogP contribution in [-0.4, -0.2) is 30.2 Å². The third kappa shape index (κ3) is 3.61. The molecule has 4 nitrogen and oxygen atoms in total. The number of nitrogens with zero attached hydrogens (tertiary/aromatic N) is 1. The zero-order valence-electron chi connectivity index (χ0n) is 10.8. The number of hydrogen-bond donors (Lipinski definition) is 1. The third-order valence-corrected chi connectivity index (χ3v) is 7.34. The predicted octanol–water partition coefficient (Wildman–Crippen LogP) is 2.79. The average Bonchev–Trinajstić information content (AvgIpc) is 2.70. The van der Waals surface area contributed by atoms with E-state index in [0.717, 1.165) is 20.2 Å². The summed E-state index contributed by atoms with van der Waals surface area (Å²) < 4.78 is 25.3. The number of hydrogen-bond acceptors (Lipinski definition) is 6. The number of nitrogen functional groups attached to an aromatic ring is 1. The molecular formula is C12H16N2O2S3. The van der Waals surface area contributed by atoms with Gasteiger partial charge in [0.05, 0.1) is 21.2 Å². The van der Waals surface area contributed by atoms with Crippen molar-refractivity contribution in [1.29, 1.82) is 0 Å². The summed E-state index contributed by atoms with van der Waals surface area (Å²) in [6, 6.07) is 5.59. The molecule has 0 fully saturated rings. The summed E-state index contributed by atoms with van der Waals surface area (Å²) in [5, 5.41) is -0.316. The van der Waals surface area contributed by atoms with Gasteiger partial charge in [0.2, 0.25) is 0 Å². The van der Waals surface area contributed by atoms with Crippen LogP contribution in [-0.2, 0) is 9.84 Å². The van der Waals surface area contributed by atoms with Gasteiger partial charge in [0.15, 0.2) is 14.2 Å². The summed E-state index contributed by atoms with van der Waals surface area (Å²) in [6.45, 7) is 3.42. The largest absolute Gasteiger partial charge is 0.399 e. The summed E-state index contributed by atoms with van der Waals surface area (Å²) in [5.74, 6) is 0.725. The standard InChI is InChI=1S/C12H16N2O2S3/c1-8(2)19(15,16)6-5-17-12-14-10-4-3-9(13)7-11(10)18-12/h3-4,7-8H,5-6,13H2,1-2H3. The molecule has 0 amide bonds. The molecule has 0 aliphatic rings. The van der Waals surface area contributed by atoms with Crippen molar-refractivity contribution < 1.29 is 8.42 Å². The van der Waals surface area contributed by atoms with Crippen LogP contribution >= 0.6 is 23.1 Å². The maximum Gasteiger partial charge on any atom is 0.153 e. The SMILES string of the molecule is CC(C)S(=O)(=O)CCSc1nc2ccc(N)cc2s1. The second-order valence-electron chi connectivity index (χ2n) is 4.47. The average molecular weight is 316 g/mol. The van der Waals surface area contributed by atoms with E-state index >= 15 is 0 Å². The van der Waals surface area contributed by atoms with E-state index < -0.39 is 9.84 Å². The van der Waals surface area contributed by atoms with Crippen molar-refractivity contribution >= 4 is 48.8 Å². The van der Waals surface area contributed by atoms with Crippen LogP contribution in [0.5, 0.6) is 0 Å². The maximum absolute atomic E-state index is 11.7. The normalized spacial score (nSPS) is 12.4. The second-order valence-corrected chi connectivity index (χ2v) is 9.52. The molecule has 0 unspecified atom stereocenters. The zero-order chi connectivity index (χ0) is 14.0. The minimum atomic E-state index is -2.97. The number of aromatic nitrogens is 1. The lowest BCUT2D eigenvalue weighted by Gasteiger charge is -2.05. The fourth-order valence-corrected chi connectivity index (χ4v) is 5.03. The monoisotopic (exact) mass is 316 g/mol. The van der Waals surface area contributed by atoms with E-state index in [9.17, 15) is 8.42 Å². The molecule has 0 spiro atoms. The van der Waals surface area contributed by atoms with Crippen LogP contribution in [0, 0.1) is 0 Å². The van der Waals surface area contributed by atoms with Crippen molar-refractivity contribution in [1.82, 2.24) is 4.98 Å². The Morgan fingerprint density at radius 2 is 2.16 bits per heavy atom. The van der Waals surface area contributed by atoms with Crippen LogP contribution < -0.4 is 5.73 Å². The maximum atomic E-state index is 11.7. The number of nitrogens with two attached hydrogens (primary N) is 1. The van der Waals surface area contributed by atoms with Gasteiger partial charge in [-0.15, -0.1) is 11.3 Å². The van der Waals surface area contributed by atoms with Gasteiger partial charge in [-0.05, 0) is 32.0 Å². The first-order valence-corrected chi connectivity index (χ1v) is 9.40. The first kappa shape index (κ1) is 14.6. The Labute approximate surface area is 121 Å². The minimum Gasteiger partial charge on any atom is -0.399 e. The van der Waals surface area contributed by atoms with Gasteiger partial charge in [0.1, 0.15) is 0 Å². The summed E-state index contributed by atoms with van der Waals surface area (Å²) in [7, 11) is -2.97. The molecule has 0 radical (unpaired) electrons. The second kappa shape index (κ2) is 5.68. The van der Waals surface area contributed by atoms with E-state index in [-0.39, 0.29) is 11.0 Å². The van der Waals surface area contributed by atoms with E-state index in [4.69, 9.17) is 5.73 Å². The highest BCUT2D eigenvalue weighted by atomic mass is 32.2. The molecule has 1 aromatic heterocycles. The Bertz CT molecular complexity index is 677. The van der Waals surface area contributed by atoms with Gasteiger partial charge < -0.3 is 5.73 Å². The quantitative estimate of drug-likeness (QED) is 0.678. The van der Waals surface area contributed by atoms with Gasteiger partial charge in [-0.25, -0.2) is 13.4 Å². The van der Waals surface area contributed by atoms with E-state index in [1.807, 2.05) is 18.2 Å². The molecule has 0 saturated carbocycles. The van der Waals surface area contributed by atoms with Crippen LogP contribution in [0.15, 0.2) is 22.5 Å².